The molecule has 0 N–H and O–H groups in total. The number of piperazine rings is 1. The third-order valence-electron chi connectivity index (χ3n) is 7.78. The van der Waals surface area contributed by atoms with Gasteiger partial charge in [-0.1, -0.05) is 18.2 Å². The van der Waals surface area contributed by atoms with E-state index in [-0.39, 0.29) is 5.82 Å². The zero-order valence-corrected chi connectivity index (χ0v) is 22.6. The van der Waals surface area contributed by atoms with Gasteiger partial charge in [0.2, 0.25) is 0 Å². The van der Waals surface area contributed by atoms with Crippen LogP contribution in [0.1, 0.15) is 41.0 Å². The van der Waals surface area contributed by atoms with Gasteiger partial charge in [0.05, 0.1) is 29.5 Å². The summed E-state index contributed by atoms with van der Waals surface area (Å²) in [5, 5.41) is 18.4. The van der Waals surface area contributed by atoms with Gasteiger partial charge in [0.25, 0.3) is 0 Å². The van der Waals surface area contributed by atoms with Gasteiger partial charge >= 0.3 is 0 Å². The molecule has 0 bridgehead atoms. The molecule has 0 spiro atoms. The number of nitrogens with zero attached hydrogens (tertiary/aromatic N) is 6. The average molecular weight is 545 g/mol. The normalized spacial score (nSPS) is 15.2. The molecule has 41 heavy (non-hydrogen) atoms. The summed E-state index contributed by atoms with van der Waals surface area (Å²) in [6.07, 6.45) is 6.23. The predicted octanol–water partition coefficient (Wildman–Crippen LogP) is 6.06. The van der Waals surface area contributed by atoms with Crippen molar-refractivity contribution in [1.29, 1.82) is 10.5 Å². The minimum absolute atomic E-state index is 0.347. The second-order valence-electron chi connectivity index (χ2n) is 10.5. The van der Waals surface area contributed by atoms with Crippen molar-refractivity contribution in [3.8, 4) is 34.8 Å². The highest BCUT2D eigenvalue weighted by Crippen LogP contribution is 2.47. The first-order valence-corrected chi connectivity index (χ1v) is 13.9. The van der Waals surface area contributed by atoms with Gasteiger partial charge in [-0.2, -0.15) is 10.5 Å². The molecule has 3 aromatic carbocycles. The number of rotatable bonds is 8. The first-order chi connectivity index (χ1) is 20.1. The second-order valence-corrected chi connectivity index (χ2v) is 10.5. The quantitative estimate of drug-likeness (QED) is 0.266. The molecule has 1 aliphatic carbocycles. The summed E-state index contributed by atoms with van der Waals surface area (Å²) >= 11 is 0. The molecule has 1 saturated heterocycles. The van der Waals surface area contributed by atoms with Crippen LogP contribution < -0.4 is 9.64 Å². The van der Waals surface area contributed by atoms with Crippen molar-refractivity contribution in [3.05, 3.63) is 101 Å². The van der Waals surface area contributed by atoms with Crippen LogP contribution in [0.5, 0.6) is 11.5 Å². The Hall–Kier alpha value is -4.79. The Kier molecular flexibility index (Phi) is 7.58. The van der Waals surface area contributed by atoms with Crippen LogP contribution in [0.2, 0.25) is 0 Å². The molecule has 1 aliphatic heterocycles. The topological polar surface area (TPSA) is 89.1 Å². The van der Waals surface area contributed by atoms with Crippen molar-refractivity contribution >= 4 is 5.82 Å². The van der Waals surface area contributed by atoms with Gasteiger partial charge in [0.15, 0.2) is 11.6 Å². The van der Waals surface area contributed by atoms with Gasteiger partial charge in [-0.25, -0.2) is 14.4 Å². The third-order valence-corrected chi connectivity index (χ3v) is 7.78. The Morgan fingerprint density at radius 2 is 1.61 bits per heavy atom. The van der Waals surface area contributed by atoms with Crippen molar-refractivity contribution in [2.45, 2.75) is 25.2 Å². The molecule has 0 atom stereocenters. The van der Waals surface area contributed by atoms with Crippen LogP contribution in [0.4, 0.5) is 10.2 Å². The molecule has 0 amide bonds. The van der Waals surface area contributed by atoms with Crippen LogP contribution in [0, 0.1) is 28.5 Å². The van der Waals surface area contributed by atoms with E-state index in [2.05, 4.69) is 31.9 Å². The lowest BCUT2D eigenvalue weighted by Gasteiger charge is -2.35. The predicted molar refractivity (Wildman–Crippen MR) is 154 cm³/mol. The fourth-order valence-electron chi connectivity index (χ4n) is 5.37. The smallest absolute Gasteiger partial charge is 0.188 e. The van der Waals surface area contributed by atoms with Crippen LogP contribution in [0.15, 0.2) is 73.2 Å². The number of halogens is 1. The number of hydrogen-bond donors (Lipinski definition) is 0. The van der Waals surface area contributed by atoms with E-state index in [0.29, 0.717) is 39.9 Å². The Morgan fingerprint density at radius 1 is 0.854 bits per heavy atom. The van der Waals surface area contributed by atoms with E-state index in [1.165, 1.54) is 24.0 Å². The highest BCUT2D eigenvalue weighted by Gasteiger charge is 2.28. The molecule has 0 unspecified atom stereocenters. The molecule has 7 nitrogen and oxygen atoms in total. The Bertz CT molecular complexity index is 1630. The van der Waals surface area contributed by atoms with E-state index in [0.717, 1.165) is 63.1 Å². The van der Waals surface area contributed by atoms with Crippen LogP contribution in [0.3, 0.4) is 0 Å². The summed E-state index contributed by atoms with van der Waals surface area (Å²) in [6.45, 7) is 4.30. The number of nitriles is 2. The minimum Gasteiger partial charge on any atom is -0.451 e. The van der Waals surface area contributed by atoms with Crippen LogP contribution in [0.25, 0.3) is 11.1 Å². The monoisotopic (exact) mass is 544 g/mol. The van der Waals surface area contributed by atoms with Crippen molar-refractivity contribution in [1.82, 2.24) is 14.9 Å². The summed E-state index contributed by atoms with van der Waals surface area (Å²) in [5.41, 5.74) is 5.10. The molecular formula is C33H29FN6O. The summed E-state index contributed by atoms with van der Waals surface area (Å²) in [6, 6.07) is 22.3. The van der Waals surface area contributed by atoms with Crippen molar-refractivity contribution < 1.29 is 9.13 Å². The number of hydrogen-bond acceptors (Lipinski definition) is 7. The molecule has 204 valence electrons. The summed E-state index contributed by atoms with van der Waals surface area (Å²) < 4.78 is 21.0. The van der Waals surface area contributed by atoms with Crippen LogP contribution in [-0.4, -0.2) is 47.6 Å². The summed E-state index contributed by atoms with van der Waals surface area (Å²) in [5.74, 6) is 1.78. The van der Waals surface area contributed by atoms with Gasteiger partial charge in [0.1, 0.15) is 17.9 Å². The molecular weight excluding hydrogens is 515 g/mol. The Balaban J connectivity index is 1.18. The maximum absolute atomic E-state index is 14.5. The number of anilines is 1. The van der Waals surface area contributed by atoms with Crippen molar-refractivity contribution in [3.63, 3.8) is 0 Å². The zero-order chi connectivity index (χ0) is 28.2. The lowest BCUT2D eigenvalue weighted by molar-refractivity contribution is 0.259. The van der Waals surface area contributed by atoms with Crippen LogP contribution in [-0.2, 0) is 6.42 Å². The fourth-order valence-corrected chi connectivity index (χ4v) is 5.37. The van der Waals surface area contributed by atoms with Crippen molar-refractivity contribution in [2.24, 2.45) is 0 Å². The van der Waals surface area contributed by atoms with E-state index in [9.17, 15) is 9.65 Å². The zero-order valence-electron chi connectivity index (χ0n) is 22.6. The lowest BCUT2D eigenvalue weighted by atomic mass is 9.94. The summed E-state index contributed by atoms with van der Waals surface area (Å²) in [4.78, 5) is 13.4. The number of aromatic nitrogens is 2. The maximum atomic E-state index is 14.5. The molecule has 2 aliphatic rings. The number of ether oxygens (including phenoxy) is 1. The van der Waals surface area contributed by atoms with Crippen molar-refractivity contribution in [2.75, 3.05) is 37.6 Å². The average Bonchev–Trinajstić information content (AvgIpc) is 3.87. The minimum atomic E-state index is -0.347. The van der Waals surface area contributed by atoms with E-state index >= 15 is 0 Å². The molecule has 4 aromatic rings. The summed E-state index contributed by atoms with van der Waals surface area (Å²) in [7, 11) is 0. The molecule has 6 rings (SSSR count). The molecule has 0 radical (unpaired) electrons. The Labute approximate surface area is 239 Å². The van der Waals surface area contributed by atoms with Gasteiger partial charge in [-0.05, 0) is 84.3 Å². The number of benzene rings is 3. The third kappa shape index (κ3) is 6.04. The molecule has 2 heterocycles. The first kappa shape index (κ1) is 26.4. The van der Waals surface area contributed by atoms with E-state index in [1.807, 2.05) is 36.4 Å². The van der Waals surface area contributed by atoms with Gasteiger partial charge in [0, 0.05) is 38.3 Å². The van der Waals surface area contributed by atoms with Crippen LogP contribution >= 0.6 is 0 Å². The molecule has 8 heteroatoms. The molecule has 2 fully saturated rings. The van der Waals surface area contributed by atoms with Gasteiger partial charge in [-0.15, -0.1) is 0 Å². The molecule has 1 saturated carbocycles. The van der Waals surface area contributed by atoms with E-state index in [1.54, 1.807) is 18.3 Å². The highest BCUT2D eigenvalue weighted by molar-refractivity contribution is 5.76. The fraction of sp³-hybridized carbons (Fsp3) is 0.273. The van der Waals surface area contributed by atoms with E-state index in [4.69, 9.17) is 10.00 Å². The lowest BCUT2D eigenvalue weighted by Crippen LogP contribution is -2.47. The van der Waals surface area contributed by atoms with Gasteiger partial charge < -0.3 is 9.64 Å². The molecule has 1 aromatic heterocycles. The van der Waals surface area contributed by atoms with E-state index < -0.39 is 0 Å². The maximum Gasteiger partial charge on any atom is 0.188 e. The SMILES string of the molecule is N#Cc1ccc(CCN2CCN(c3ncncc3Oc3ccc(F)cc3-c3ccc(C#N)cc3C3CC3)CC2)cc1. The highest BCUT2D eigenvalue weighted by atomic mass is 19.1. The van der Waals surface area contributed by atoms with Gasteiger partial charge in [-0.3, -0.25) is 4.90 Å². The second kappa shape index (κ2) is 11.8. The first-order valence-electron chi connectivity index (χ1n) is 13.9. The largest absolute Gasteiger partial charge is 0.451 e. The Morgan fingerprint density at radius 3 is 2.34 bits per heavy atom. The standard InChI is InChI=1S/C33H29FN6O/c34-27-8-10-31(30(18-27)28-9-5-25(20-36)17-29(28)26-6-7-26)41-32-21-37-22-38-33(32)40-15-13-39(14-16-40)12-11-23-1-3-24(19-35)4-2-23/h1-5,8-10,17-18,21-22,26H,6-7,11-16H2.